The molecule has 1 saturated carbocycles. The van der Waals surface area contributed by atoms with Gasteiger partial charge in [-0.05, 0) is 19.8 Å². The van der Waals surface area contributed by atoms with Crippen molar-refractivity contribution in [3.05, 3.63) is 0 Å². The van der Waals surface area contributed by atoms with E-state index >= 15 is 0 Å². The highest BCUT2D eigenvalue weighted by molar-refractivity contribution is 5.89. The van der Waals surface area contributed by atoms with E-state index in [2.05, 4.69) is 5.32 Å². The third kappa shape index (κ3) is 2.88. The summed E-state index contributed by atoms with van der Waals surface area (Å²) in [6.07, 6.45) is 2.39. The monoisotopic (exact) mass is 268 g/mol. The van der Waals surface area contributed by atoms with E-state index in [1.54, 1.807) is 4.90 Å². The zero-order chi connectivity index (χ0) is 14.0. The molecule has 0 aromatic rings. The SMILES string of the molecule is CCN1CC(C(=O)NC2CCCC2C(=O)O)CC1=O. The number of carboxylic acids is 1. The summed E-state index contributed by atoms with van der Waals surface area (Å²) in [5, 5.41) is 11.9. The first kappa shape index (κ1) is 13.8. The van der Waals surface area contributed by atoms with Crippen LogP contribution in [-0.2, 0) is 14.4 Å². The van der Waals surface area contributed by atoms with E-state index < -0.39 is 11.9 Å². The number of hydrogen-bond donors (Lipinski definition) is 2. The maximum Gasteiger partial charge on any atom is 0.308 e. The third-order valence-electron chi connectivity index (χ3n) is 4.13. The van der Waals surface area contributed by atoms with E-state index in [0.717, 1.165) is 6.42 Å². The molecule has 1 heterocycles. The van der Waals surface area contributed by atoms with Gasteiger partial charge in [0.2, 0.25) is 11.8 Å². The van der Waals surface area contributed by atoms with Gasteiger partial charge in [-0.15, -0.1) is 0 Å². The highest BCUT2D eigenvalue weighted by atomic mass is 16.4. The van der Waals surface area contributed by atoms with Crippen LogP contribution in [0.15, 0.2) is 0 Å². The molecule has 3 unspecified atom stereocenters. The largest absolute Gasteiger partial charge is 0.481 e. The highest BCUT2D eigenvalue weighted by Crippen LogP contribution is 2.27. The van der Waals surface area contributed by atoms with Crippen LogP contribution < -0.4 is 5.32 Å². The minimum absolute atomic E-state index is 0.00357. The first-order valence-electron chi connectivity index (χ1n) is 6.84. The Morgan fingerprint density at radius 1 is 1.42 bits per heavy atom. The molecule has 0 aromatic heterocycles. The van der Waals surface area contributed by atoms with Gasteiger partial charge in [0, 0.05) is 25.6 Å². The quantitative estimate of drug-likeness (QED) is 0.764. The topological polar surface area (TPSA) is 86.7 Å². The molecule has 0 radical (unpaired) electrons. The van der Waals surface area contributed by atoms with Gasteiger partial charge in [0.1, 0.15) is 0 Å². The molecule has 0 aromatic carbocycles. The molecule has 6 nitrogen and oxygen atoms in total. The smallest absolute Gasteiger partial charge is 0.308 e. The first-order chi connectivity index (χ1) is 9.02. The first-order valence-corrected chi connectivity index (χ1v) is 6.84. The van der Waals surface area contributed by atoms with Gasteiger partial charge >= 0.3 is 5.97 Å². The van der Waals surface area contributed by atoms with Crippen molar-refractivity contribution in [1.82, 2.24) is 10.2 Å². The number of likely N-dealkylation sites (tertiary alicyclic amines) is 1. The fourth-order valence-electron chi connectivity index (χ4n) is 2.98. The van der Waals surface area contributed by atoms with Crippen LogP contribution in [0.1, 0.15) is 32.6 Å². The summed E-state index contributed by atoms with van der Waals surface area (Å²) in [5.74, 6) is -1.84. The molecule has 106 valence electrons. The number of carbonyl (C=O) groups excluding carboxylic acids is 2. The number of carboxylic acid groups (broad SMARTS) is 1. The second-order valence-corrected chi connectivity index (χ2v) is 5.32. The number of nitrogens with zero attached hydrogens (tertiary/aromatic N) is 1. The van der Waals surface area contributed by atoms with Crippen molar-refractivity contribution in [3.8, 4) is 0 Å². The van der Waals surface area contributed by atoms with E-state index in [1.807, 2.05) is 6.92 Å². The average molecular weight is 268 g/mol. The van der Waals surface area contributed by atoms with Crippen LogP contribution in [0.3, 0.4) is 0 Å². The molecule has 6 heteroatoms. The van der Waals surface area contributed by atoms with Crippen molar-refractivity contribution in [2.24, 2.45) is 11.8 Å². The number of rotatable bonds is 4. The van der Waals surface area contributed by atoms with Gasteiger partial charge in [0.05, 0.1) is 11.8 Å². The molecular weight excluding hydrogens is 248 g/mol. The lowest BCUT2D eigenvalue weighted by Crippen LogP contribution is -2.43. The maximum absolute atomic E-state index is 12.1. The Labute approximate surface area is 112 Å². The Hall–Kier alpha value is -1.59. The number of carbonyl (C=O) groups is 3. The summed E-state index contributed by atoms with van der Waals surface area (Å²) in [7, 11) is 0. The molecule has 0 spiro atoms. The van der Waals surface area contributed by atoms with Crippen LogP contribution in [0.5, 0.6) is 0 Å². The predicted molar refractivity (Wildman–Crippen MR) is 67.3 cm³/mol. The van der Waals surface area contributed by atoms with Gasteiger partial charge in [-0.2, -0.15) is 0 Å². The number of hydrogen-bond acceptors (Lipinski definition) is 3. The summed E-state index contributed by atoms with van der Waals surface area (Å²) in [4.78, 5) is 36.4. The minimum atomic E-state index is -0.847. The molecule has 1 aliphatic heterocycles. The van der Waals surface area contributed by atoms with Crippen molar-refractivity contribution in [1.29, 1.82) is 0 Å². The van der Waals surface area contributed by atoms with E-state index in [0.29, 0.717) is 25.9 Å². The van der Waals surface area contributed by atoms with Gasteiger partial charge in [0.25, 0.3) is 0 Å². The van der Waals surface area contributed by atoms with Gasteiger partial charge in [-0.25, -0.2) is 0 Å². The second-order valence-electron chi connectivity index (χ2n) is 5.32. The molecule has 3 atom stereocenters. The van der Waals surface area contributed by atoms with E-state index in [4.69, 9.17) is 5.11 Å². The Kier molecular flexibility index (Phi) is 4.07. The minimum Gasteiger partial charge on any atom is -0.481 e. The molecule has 0 bridgehead atoms. The van der Waals surface area contributed by atoms with Crippen molar-refractivity contribution < 1.29 is 19.5 Å². The molecule has 2 rings (SSSR count). The second kappa shape index (κ2) is 5.59. The van der Waals surface area contributed by atoms with Crippen molar-refractivity contribution in [3.63, 3.8) is 0 Å². The van der Waals surface area contributed by atoms with Crippen LogP contribution in [0, 0.1) is 11.8 Å². The van der Waals surface area contributed by atoms with E-state index in [1.165, 1.54) is 0 Å². The molecule has 2 amide bonds. The summed E-state index contributed by atoms with van der Waals surface area (Å²) in [6, 6.07) is -0.282. The standard InChI is InChI=1S/C13H20N2O4/c1-2-15-7-8(6-11(15)16)12(17)14-10-5-3-4-9(10)13(18)19/h8-10H,2-7H2,1H3,(H,14,17)(H,18,19). The van der Waals surface area contributed by atoms with Gasteiger partial charge in [0.15, 0.2) is 0 Å². The summed E-state index contributed by atoms with van der Waals surface area (Å²) < 4.78 is 0. The van der Waals surface area contributed by atoms with Crippen LogP contribution in [0.4, 0.5) is 0 Å². The predicted octanol–water partition coefficient (Wildman–Crippen LogP) is 0.224. The molecule has 2 aliphatic rings. The van der Waals surface area contributed by atoms with Crippen LogP contribution in [0.25, 0.3) is 0 Å². The Bertz CT molecular complexity index is 396. The average Bonchev–Trinajstić information content (AvgIpc) is 2.95. The summed E-state index contributed by atoms with van der Waals surface area (Å²) in [6.45, 7) is 2.95. The Balaban J connectivity index is 1.91. The molecule has 1 saturated heterocycles. The van der Waals surface area contributed by atoms with Crippen molar-refractivity contribution >= 4 is 17.8 Å². The van der Waals surface area contributed by atoms with E-state index in [-0.39, 0.29) is 30.2 Å². The molecule has 19 heavy (non-hydrogen) atoms. The fourth-order valence-corrected chi connectivity index (χ4v) is 2.98. The normalized spacial score (nSPS) is 30.7. The fraction of sp³-hybridized carbons (Fsp3) is 0.769. The maximum atomic E-state index is 12.1. The number of amides is 2. The molecule has 2 fully saturated rings. The van der Waals surface area contributed by atoms with Crippen LogP contribution >= 0.6 is 0 Å². The lowest BCUT2D eigenvalue weighted by Gasteiger charge is -2.20. The Morgan fingerprint density at radius 3 is 2.74 bits per heavy atom. The number of aliphatic carboxylic acids is 1. The van der Waals surface area contributed by atoms with Crippen molar-refractivity contribution in [2.75, 3.05) is 13.1 Å². The zero-order valence-electron chi connectivity index (χ0n) is 11.1. The van der Waals surface area contributed by atoms with Crippen molar-refractivity contribution in [2.45, 2.75) is 38.6 Å². The highest BCUT2D eigenvalue weighted by Gasteiger charge is 2.38. The number of nitrogens with one attached hydrogen (secondary N) is 1. The Morgan fingerprint density at radius 2 is 2.16 bits per heavy atom. The van der Waals surface area contributed by atoms with Gasteiger partial charge < -0.3 is 15.3 Å². The van der Waals surface area contributed by atoms with Gasteiger partial charge in [-0.1, -0.05) is 6.42 Å². The van der Waals surface area contributed by atoms with Gasteiger partial charge in [-0.3, -0.25) is 14.4 Å². The summed E-state index contributed by atoms with van der Waals surface area (Å²) >= 11 is 0. The lowest BCUT2D eigenvalue weighted by molar-refractivity contribution is -0.142. The molecule has 2 N–H and O–H groups in total. The van der Waals surface area contributed by atoms with Crippen LogP contribution in [0.2, 0.25) is 0 Å². The summed E-state index contributed by atoms with van der Waals surface area (Å²) in [5.41, 5.74) is 0. The molecule has 1 aliphatic carbocycles. The lowest BCUT2D eigenvalue weighted by atomic mass is 10.0. The zero-order valence-corrected chi connectivity index (χ0v) is 11.1. The van der Waals surface area contributed by atoms with E-state index in [9.17, 15) is 14.4 Å². The van der Waals surface area contributed by atoms with Crippen LogP contribution in [-0.4, -0.2) is 46.9 Å². The third-order valence-corrected chi connectivity index (χ3v) is 4.13. The molecular formula is C13H20N2O4.